The Hall–Kier alpha value is -3.13. The molecule has 0 bridgehead atoms. The fourth-order valence-corrected chi connectivity index (χ4v) is 3.66. The first-order chi connectivity index (χ1) is 14.1. The molecular formula is C21H23FN4O3. The van der Waals surface area contributed by atoms with Crippen LogP contribution in [0.25, 0.3) is 10.9 Å². The first-order valence-electron chi connectivity index (χ1n) is 9.46. The number of nitrogens with one attached hydrogen (secondary N) is 1. The highest BCUT2D eigenvalue weighted by molar-refractivity contribution is 5.81. The molecule has 152 valence electrons. The molecule has 3 aromatic rings. The Balaban J connectivity index is 1.50. The summed E-state index contributed by atoms with van der Waals surface area (Å²) in [5.74, 6) is 1.41. The van der Waals surface area contributed by atoms with E-state index in [2.05, 4.69) is 14.9 Å². The van der Waals surface area contributed by atoms with E-state index in [1.165, 1.54) is 13.2 Å². The maximum Gasteiger partial charge on any atom is 0.258 e. The maximum atomic E-state index is 14.0. The predicted molar refractivity (Wildman–Crippen MR) is 109 cm³/mol. The van der Waals surface area contributed by atoms with E-state index in [4.69, 9.17) is 9.47 Å². The summed E-state index contributed by atoms with van der Waals surface area (Å²) in [5.41, 5.74) is 0.979. The van der Waals surface area contributed by atoms with Gasteiger partial charge in [-0.15, -0.1) is 0 Å². The van der Waals surface area contributed by atoms with Crippen LogP contribution in [0, 0.1) is 5.82 Å². The maximum absolute atomic E-state index is 14.0. The molecule has 1 N–H and O–H groups in total. The van der Waals surface area contributed by atoms with Crippen LogP contribution in [0.4, 0.5) is 10.1 Å². The summed E-state index contributed by atoms with van der Waals surface area (Å²) >= 11 is 0. The quantitative estimate of drug-likeness (QED) is 0.712. The number of benzene rings is 2. The van der Waals surface area contributed by atoms with Crippen molar-refractivity contribution in [1.82, 2.24) is 14.9 Å². The Morgan fingerprint density at radius 1 is 1.07 bits per heavy atom. The monoisotopic (exact) mass is 398 g/mol. The lowest BCUT2D eigenvalue weighted by Crippen LogP contribution is -2.46. The number of nitrogens with zero attached hydrogens (tertiary/aromatic N) is 3. The number of piperazine rings is 1. The first-order valence-corrected chi connectivity index (χ1v) is 9.46. The van der Waals surface area contributed by atoms with Crippen LogP contribution in [-0.2, 0) is 6.54 Å². The van der Waals surface area contributed by atoms with Gasteiger partial charge in [-0.3, -0.25) is 9.69 Å². The summed E-state index contributed by atoms with van der Waals surface area (Å²) in [6.07, 6.45) is 0. The second-order valence-corrected chi connectivity index (χ2v) is 6.95. The van der Waals surface area contributed by atoms with Crippen molar-refractivity contribution in [2.45, 2.75) is 6.54 Å². The van der Waals surface area contributed by atoms with Crippen LogP contribution in [-0.4, -0.2) is 55.3 Å². The minimum absolute atomic E-state index is 0.203. The fourth-order valence-electron chi connectivity index (χ4n) is 3.66. The number of halogens is 1. The van der Waals surface area contributed by atoms with Gasteiger partial charge in [0.1, 0.15) is 11.6 Å². The smallest absolute Gasteiger partial charge is 0.258 e. The summed E-state index contributed by atoms with van der Waals surface area (Å²) in [6.45, 7) is 3.45. The zero-order chi connectivity index (χ0) is 20.4. The van der Waals surface area contributed by atoms with E-state index < -0.39 is 0 Å². The highest BCUT2D eigenvalue weighted by Gasteiger charge is 2.20. The number of hydrogen-bond acceptors (Lipinski definition) is 6. The fraction of sp³-hybridized carbons (Fsp3) is 0.333. The summed E-state index contributed by atoms with van der Waals surface area (Å²) in [7, 11) is 3.08. The van der Waals surface area contributed by atoms with Gasteiger partial charge < -0.3 is 19.4 Å². The summed E-state index contributed by atoms with van der Waals surface area (Å²) in [5, 5.41) is 0.454. The number of fused-ring (bicyclic) bond motifs is 1. The molecule has 0 amide bonds. The minimum atomic E-state index is -0.212. The largest absolute Gasteiger partial charge is 0.493 e. The Labute approximate surface area is 167 Å². The number of anilines is 1. The lowest BCUT2D eigenvalue weighted by Gasteiger charge is -2.35. The van der Waals surface area contributed by atoms with Gasteiger partial charge in [-0.25, -0.2) is 9.37 Å². The van der Waals surface area contributed by atoms with Crippen molar-refractivity contribution >= 4 is 16.6 Å². The van der Waals surface area contributed by atoms with Gasteiger partial charge in [-0.05, 0) is 18.2 Å². The van der Waals surface area contributed by atoms with E-state index in [0.717, 1.165) is 13.1 Å². The van der Waals surface area contributed by atoms with Crippen molar-refractivity contribution in [3.8, 4) is 11.5 Å². The van der Waals surface area contributed by atoms with Crippen molar-refractivity contribution in [2.24, 2.45) is 0 Å². The van der Waals surface area contributed by atoms with Crippen molar-refractivity contribution in [2.75, 3.05) is 45.3 Å². The molecule has 2 aromatic carbocycles. The lowest BCUT2D eigenvalue weighted by molar-refractivity contribution is 0.243. The summed E-state index contributed by atoms with van der Waals surface area (Å²) in [4.78, 5) is 24.2. The van der Waals surface area contributed by atoms with Crippen molar-refractivity contribution in [3.63, 3.8) is 0 Å². The number of para-hydroxylation sites is 1. The molecule has 2 heterocycles. The molecule has 1 saturated heterocycles. The Bertz CT molecular complexity index is 1080. The normalized spacial score (nSPS) is 14.9. The molecule has 4 rings (SSSR count). The molecule has 0 spiro atoms. The number of methoxy groups -OCH3 is 2. The predicted octanol–water partition coefficient (Wildman–Crippen LogP) is 2.40. The van der Waals surface area contributed by atoms with E-state index in [1.807, 2.05) is 11.0 Å². The third kappa shape index (κ3) is 3.88. The molecule has 0 saturated carbocycles. The molecule has 1 aliphatic rings. The van der Waals surface area contributed by atoms with Crippen LogP contribution in [0.15, 0.2) is 41.2 Å². The van der Waals surface area contributed by atoms with Gasteiger partial charge in [0.05, 0.1) is 37.4 Å². The van der Waals surface area contributed by atoms with Gasteiger partial charge in [-0.2, -0.15) is 0 Å². The standard InChI is InChI=1S/C21H23FN4O3/c1-28-18-11-14-16(12-19(18)29-2)23-20(24-21(14)27)13-25-7-9-26(10-8-25)17-6-4-3-5-15(17)22/h3-6,11-12H,7-10,13H2,1-2H3,(H,23,24,27). The molecule has 0 aliphatic carbocycles. The number of aromatic nitrogens is 2. The van der Waals surface area contributed by atoms with E-state index in [1.54, 1.807) is 31.4 Å². The van der Waals surface area contributed by atoms with Crippen molar-refractivity contribution in [1.29, 1.82) is 0 Å². The number of H-pyrrole nitrogens is 1. The number of rotatable bonds is 5. The Morgan fingerprint density at radius 3 is 2.45 bits per heavy atom. The lowest BCUT2D eigenvalue weighted by atomic mass is 10.2. The van der Waals surface area contributed by atoms with Crippen molar-refractivity contribution < 1.29 is 13.9 Å². The molecule has 7 nitrogen and oxygen atoms in total. The molecule has 0 unspecified atom stereocenters. The molecular weight excluding hydrogens is 375 g/mol. The third-order valence-electron chi connectivity index (χ3n) is 5.20. The minimum Gasteiger partial charge on any atom is -0.493 e. The average molecular weight is 398 g/mol. The molecule has 1 fully saturated rings. The molecule has 1 aromatic heterocycles. The number of hydrogen-bond donors (Lipinski definition) is 1. The molecule has 8 heteroatoms. The Morgan fingerprint density at radius 2 is 1.76 bits per heavy atom. The zero-order valence-corrected chi connectivity index (χ0v) is 16.4. The molecule has 29 heavy (non-hydrogen) atoms. The van der Waals surface area contributed by atoms with E-state index in [9.17, 15) is 9.18 Å². The van der Waals surface area contributed by atoms with Crippen LogP contribution in [0.3, 0.4) is 0 Å². The van der Waals surface area contributed by atoms with E-state index in [-0.39, 0.29) is 11.4 Å². The van der Waals surface area contributed by atoms with E-state index in [0.29, 0.717) is 53.5 Å². The topological polar surface area (TPSA) is 70.7 Å². The molecule has 1 aliphatic heterocycles. The van der Waals surface area contributed by atoms with Crippen LogP contribution in [0.1, 0.15) is 5.82 Å². The average Bonchev–Trinajstić information content (AvgIpc) is 2.74. The Kier molecular flexibility index (Phi) is 5.35. The summed E-state index contributed by atoms with van der Waals surface area (Å²) in [6, 6.07) is 10.2. The summed E-state index contributed by atoms with van der Waals surface area (Å²) < 4.78 is 24.6. The van der Waals surface area contributed by atoms with E-state index >= 15 is 0 Å². The molecule has 0 atom stereocenters. The van der Waals surface area contributed by atoms with Crippen LogP contribution in [0.5, 0.6) is 11.5 Å². The number of aromatic amines is 1. The second kappa shape index (κ2) is 8.08. The van der Waals surface area contributed by atoms with Crippen LogP contribution in [0.2, 0.25) is 0 Å². The van der Waals surface area contributed by atoms with Gasteiger partial charge in [-0.1, -0.05) is 12.1 Å². The van der Waals surface area contributed by atoms with Crippen molar-refractivity contribution in [3.05, 3.63) is 58.4 Å². The van der Waals surface area contributed by atoms with Gasteiger partial charge in [0.2, 0.25) is 0 Å². The SMILES string of the molecule is COc1cc2nc(CN3CCN(c4ccccc4F)CC3)[nH]c(=O)c2cc1OC. The second-order valence-electron chi connectivity index (χ2n) is 6.95. The number of ether oxygens (including phenoxy) is 2. The van der Waals surface area contributed by atoms with Crippen LogP contribution < -0.4 is 19.9 Å². The van der Waals surface area contributed by atoms with Gasteiger partial charge in [0, 0.05) is 32.2 Å². The third-order valence-corrected chi connectivity index (χ3v) is 5.20. The van der Waals surface area contributed by atoms with Crippen LogP contribution >= 0.6 is 0 Å². The molecule has 0 radical (unpaired) electrons. The first kappa shape index (κ1) is 19.2. The van der Waals surface area contributed by atoms with Gasteiger partial charge in [0.25, 0.3) is 5.56 Å². The highest BCUT2D eigenvalue weighted by Crippen LogP contribution is 2.30. The zero-order valence-electron chi connectivity index (χ0n) is 16.4. The van der Waals surface area contributed by atoms with Gasteiger partial charge >= 0.3 is 0 Å². The van der Waals surface area contributed by atoms with Gasteiger partial charge in [0.15, 0.2) is 11.5 Å². The highest BCUT2D eigenvalue weighted by atomic mass is 19.1.